The Morgan fingerprint density at radius 2 is 1.19 bits per heavy atom. The van der Waals surface area contributed by atoms with E-state index in [1.165, 1.54) is 52.9 Å². The summed E-state index contributed by atoms with van der Waals surface area (Å²) in [4.78, 5) is 104. The average molecular weight is 1260 g/mol. The first-order chi connectivity index (χ1) is 42.6. The lowest BCUT2D eigenvalue weighted by atomic mass is 9.80. The fraction of sp³-hybridized carbons (Fsp3) is 0.698. The zero-order valence-corrected chi connectivity index (χ0v) is 50.1. The summed E-state index contributed by atoms with van der Waals surface area (Å²) in [6, 6.07) is -4.95. The summed E-state index contributed by atoms with van der Waals surface area (Å²) in [5.74, 6) is -7.03. The van der Waals surface area contributed by atoms with Crippen molar-refractivity contribution < 1.29 is 111 Å². The van der Waals surface area contributed by atoms with E-state index in [9.17, 15) is 58.8 Å². The number of aromatic nitrogens is 12. The zero-order valence-electron chi connectivity index (χ0n) is 50.1. The minimum Gasteiger partial charge on any atom is -0.464 e. The molecule has 17 atom stereocenters. The molecule has 0 aromatic carbocycles. The molecular formula is C53H75N14O22+. The number of nitrogens with one attached hydrogen (secondary N) is 2. The Labute approximate surface area is 507 Å². The molecule has 488 valence electrons. The fourth-order valence-electron chi connectivity index (χ4n) is 11.5. The van der Waals surface area contributed by atoms with Crippen molar-refractivity contribution >= 4 is 47.6 Å². The number of hydrogen-bond donors (Lipinski definition) is 6. The van der Waals surface area contributed by atoms with Crippen LogP contribution in [0.25, 0.3) is 0 Å². The highest BCUT2D eigenvalue weighted by atomic mass is 16.7. The Morgan fingerprint density at radius 3 is 1.79 bits per heavy atom. The van der Waals surface area contributed by atoms with E-state index >= 15 is 0 Å². The number of methoxy groups -OCH3 is 2. The highest BCUT2D eigenvalue weighted by Crippen LogP contribution is 2.41. The lowest BCUT2D eigenvalue weighted by molar-refractivity contribution is -0.796. The van der Waals surface area contributed by atoms with E-state index in [-0.39, 0.29) is 48.6 Å². The molecule has 8 rings (SSSR count). The first-order valence-corrected chi connectivity index (χ1v) is 29.0. The van der Waals surface area contributed by atoms with Gasteiger partial charge >= 0.3 is 35.8 Å². The molecule has 0 bridgehead atoms. The molecule has 4 fully saturated rings. The van der Waals surface area contributed by atoms with E-state index in [0.29, 0.717) is 38.8 Å². The van der Waals surface area contributed by atoms with Crippen LogP contribution in [-0.2, 0) is 73.1 Å². The van der Waals surface area contributed by atoms with Crippen LogP contribution in [0.3, 0.4) is 0 Å². The Morgan fingerprint density at radius 1 is 0.629 bits per heavy atom. The third-order valence-corrected chi connectivity index (χ3v) is 15.5. The van der Waals surface area contributed by atoms with E-state index in [1.54, 1.807) is 0 Å². The van der Waals surface area contributed by atoms with Gasteiger partial charge in [0.05, 0.1) is 68.9 Å². The summed E-state index contributed by atoms with van der Waals surface area (Å²) in [5, 5.41) is 80.7. The Hall–Kier alpha value is -8.00. The Kier molecular flexibility index (Phi) is 22.6. The number of esters is 6. The van der Waals surface area contributed by atoms with Crippen molar-refractivity contribution in [2.45, 2.75) is 191 Å². The minimum atomic E-state index is -1.76. The van der Waals surface area contributed by atoms with Crippen molar-refractivity contribution in [3.05, 3.63) is 47.6 Å². The molecule has 2 saturated carbocycles. The van der Waals surface area contributed by atoms with E-state index < -0.39 is 165 Å². The number of hydrogen-bond acceptors (Lipinski definition) is 29. The normalized spacial score (nSPS) is 29.5. The Balaban J connectivity index is 1.16. The second-order valence-electron chi connectivity index (χ2n) is 21.7. The molecule has 0 radical (unpaired) electrons. The van der Waals surface area contributed by atoms with Crippen LogP contribution in [0.1, 0.15) is 153 Å². The summed E-state index contributed by atoms with van der Waals surface area (Å²) in [5.41, 5.74) is -0.659. The first kappa shape index (κ1) is 66.9. The molecule has 36 nitrogen and oxygen atoms in total. The van der Waals surface area contributed by atoms with Gasteiger partial charge in [-0.05, 0) is 44.9 Å². The summed E-state index contributed by atoms with van der Waals surface area (Å²) >= 11 is 0. The van der Waals surface area contributed by atoms with Gasteiger partial charge in [-0.25, -0.2) is 23.6 Å². The van der Waals surface area contributed by atoms with Gasteiger partial charge in [0.25, 0.3) is 17.5 Å². The molecule has 4 aliphatic rings. The molecule has 4 aromatic heterocycles. The van der Waals surface area contributed by atoms with E-state index in [2.05, 4.69) is 41.6 Å². The maximum absolute atomic E-state index is 14.1. The van der Waals surface area contributed by atoms with Crippen LogP contribution < -0.4 is 15.3 Å². The van der Waals surface area contributed by atoms with Gasteiger partial charge in [-0.3, -0.25) is 28.8 Å². The largest absolute Gasteiger partial charge is 0.464 e. The van der Waals surface area contributed by atoms with Crippen molar-refractivity contribution in [1.29, 1.82) is 0 Å². The maximum Gasteiger partial charge on any atom is 0.384 e. The van der Waals surface area contributed by atoms with Crippen molar-refractivity contribution in [2.24, 2.45) is 5.92 Å². The average Bonchev–Trinajstić information content (AvgIpc) is 1.81. The third-order valence-electron chi connectivity index (χ3n) is 15.5. The van der Waals surface area contributed by atoms with Gasteiger partial charge in [-0.2, -0.15) is 0 Å². The van der Waals surface area contributed by atoms with Gasteiger partial charge in [-0.1, -0.05) is 29.5 Å². The zero-order chi connectivity index (χ0) is 64.4. The number of ether oxygens (including phenoxy) is 10. The smallest absolute Gasteiger partial charge is 0.384 e. The second kappa shape index (κ2) is 30.0. The van der Waals surface area contributed by atoms with Gasteiger partial charge < -0.3 is 78.4 Å². The molecule has 36 heteroatoms. The maximum atomic E-state index is 14.1. The van der Waals surface area contributed by atoms with Crippen LogP contribution in [-0.4, -0.2) is 237 Å². The summed E-state index contributed by atoms with van der Waals surface area (Å²) < 4.78 is 64.7. The third kappa shape index (κ3) is 15.5. The molecule has 6 heterocycles. The van der Waals surface area contributed by atoms with E-state index in [1.807, 2.05) is 13.8 Å². The number of rotatable bonds is 24. The first-order valence-electron chi connectivity index (χ1n) is 29.0. The number of nitrogens with zero attached hydrogens (tertiary/aromatic N) is 12. The molecule has 2 aliphatic carbocycles. The van der Waals surface area contributed by atoms with E-state index in [4.69, 9.17) is 52.6 Å². The predicted molar refractivity (Wildman–Crippen MR) is 289 cm³/mol. The molecule has 2 saturated heterocycles. The second-order valence-corrected chi connectivity index (χ2v) is 21.7. The highest BCUT2D eigenvalue weighted by molar-refractivity contribution is 5.92. The van der Waals surface area contributed by atoms with Crippen molar-refractivity contribution in [1.82, 2.24) is 65.5 Å². The van der Waals surface area contributed by atoms with Gasteiger partial charge in [0.1, 0.15) is 49.7 Å². The molecule has 2 amide bonds. The van der Waals surface area contributed by atoms with Crippen LogP contribution in [0.15, 0.2) is 24.8 Å². The van der Waals surface area contributed by atoms with Gasteiger partial charge in [0.2, 0.25) is 6.04 Å². The molecule has 0 spiro atoms. The number of aliphatic hydroxyl groups excluding tert-OH is 4. The summed E-state index contributed by atoms with van der Waals surface area (Å²) in [6.07, 6.45) is -10.7. The fourth-order valence-corrected chi connectivity index (χ4v) is 11.5. The number of carbonyl (C=O) groups is 8. The van der Waals surface area contributed by atoms with Crippen LogP contribution in [0.5, 0.6) is 0 Å². The van der Waals surface area contributed by atoms with Gasteiger partial charge in [0, 0.05) is 46.7 Å². The topological polar surface area (TPSA) is 448 Å². The van der Waals surface area contributed by atoms with Crippen LogP contribution >= 0.6 is 0 Å². The molecule has 89 heavy (non-hydrogen) atoms. The standard InChI is InChI=1S/C53H74N14O22/c1-9-16-54-48(76)30-19-65(60-56-30)39-29(14-15-35(42(39)73)86-52-44(75)40(43(74)37(23-68)88-52)66-20-31(57-61-66)49(77)55-17-10-2)18-64-34(51(79)81-8)22-67(62-64)41-46(84-27(5)71)38(24-82-25(3)69)89-53(47(41)85-28(6)72)87-36-13-11-12-33(45(36)83-26(4)70)63-21-32(58-59-63)50(78)80-7/h19-22,29,33,35-47,52-53,68,73-75H,9-18,23-24H2,1-8H3,(H-,54,55,76,77)/p+1. The van der Waals surface area contributed by atoms with E-state index in [0.717, 1.165) is 37.2 Å². The summed E-state index contributed by atoms with van der Waals surface area (Å²) in [6.45, 7) is 7.14. The summed E-state index contributed by atoms with van der Waals surface area (Å²) in [7, 11) is 2.27. The van der Waals surface area contributed by atoms with Crippen molar-refractivity contribution in [3.8, 4) is 0 Å². The van der Waals surface area contributed by atoms with Crippen molar-refractivity contribution in [3.63, 3.8) is 0 Å². The number of carbonyl (C=O) groups excluding carboxylic acids is 8. The van der Waals surface area contributed by atoms with Crippen LogP contribution in [0, 0.1) is 5.92 Å². The lowest BCUT2D eigenvalue weighted by Crippen LogP contribution is -2.67. The number of aliphatic hydroxyl groups is 4. The molecular weight excluding hydrogens is 1180 g/mol. The van der Waals surface area contributed by atoms with Crippen LogP contribution in [0.4, 0.5) is 0 Å². The molecule has 2 aliphatic heterocycles. The molecule has 17 unspecified atom stereocenters. The minimum absolute atomic E-state index is 0.0239. The number of amides is 2. The predicted octanol–water partition coefficient (Wildman–Crippen LogP) is -2.69. The van der Waals surface area contributed by atoms with Crippen molar-refractivity contribution in [2.75, 3.05) is 40.5 Å². The SMILES string of the molecule is CCCNC(=O)c1cn(C2C(Cn3n[n+](C4C(OC(C)=O)C(COC(C)=O)OC(OC5CCCC(n6cc(C(=O)OC)nn6)C5OC(C)=O)C4OC(C)=O)cc3C(=O)OC)CCC(OC3OC(CO)C(O)C(n4cc(C(=O)NCCC)nn4)C3O)C2O)nn1. The van der Waals surface area contributed by atoms with Gasteiger partial charge in [0.15, 0.2) is 54.2 Å². The quantitative estimate of drug-likeness (QED) is 0.0236. The molecule has 4 aromatic rings. The van der Waals surface area contributed by atoms with Gasteiger partial charge in [-0.15, -0.1) is 24.7 Å². The molecule has 6 N–H and O–H groups in total. The van der Waals surface area contributed by atoms with Crippen LogP contribution in [0.2, 0.25) is 0 Å². The lowest BCUT2D eigenvalue weighted by Gasteiger charge is -2.45. The monoisotopic (exact) mass is 1260 g/mol. The Bertz CT molecular complexity index is 3130. The highest BCUT2D eigenvalue weighted by Gasteiger charge is 2.58.